The topological polar surface area (TPSA) is 46.3 Å². The quantitative estimate of drug-likeness (QED) is 0.693. The summed E-state index contributed by atoms with van der Waals surface area (Å²) in [5.74, 6) is 0. The van der Waals surface area contributed by atoms with E-state index in [0.29, 0.717) is 5.25 Å². The van der Waals surface area contributed by atoms with Crippen LogP contribution in [0.15, 0.2) is 72.2 Å². The van der Waals surface area contributed by atoms with Gasteiger partial charge < -0.3 is 9.47 Å². The van der Waals surface area contributed by atoms with Crippen molar-refractivity contribution in [2.45, 2.75) is 30.8 Å². The lowest BCUT2D eigenvalue weighted by Crippen LogP contribution is -2.30. The van der Waals surface area contributed by atoms with Crippen LogP contribution in [-0.2, 0) is 6.54 Å². The van der Waals surface area contributed by atoms with E-state index in [1.807, 2.05) is 36.4 Å². The van der Waals surface area contributed by atoms with Gasteiger partial charge in [-0.2, -0.15) is 0 Å². The van der Waals surface area contributed by atoms with E-state index in [0.717, 1.165) is 24.0 Å². The Kier molecular flexibility index (Phi) is 4.20. The van der Waals surface area contributed by atoms with Crippen LogP contribution in [0.4, 0.5) is 0 Å². The van der Waals surface area contributed by atoms with Crippen molar-refractivity contribution < 1.29 is 0 Å². The first-order chi connectivity index (χ1) is 13.3. The lowest BCUT2D eigenvalue weighted by molar-refractivity contribution is 0.308. The minimum atomic E-state index is 0.0345. The second kappa shape index (κ2) is 6.85. The number of aliphatic imine (C=N–C) groups is 1. The van der Waals surface area contributed by atoms with Crippen LogP contribution in [0.5, 0.6) is 0 Å². The number of thioether (sulfide) groups is 1. The minimum Gasteiger partial charge on any atom is -0.345 e. The molecule has 3 atom stereocenters. The van der Waals surface area contributed by atoms with Crippen molar-refractivity contribution >= 4 is 16.9 Å². The molecule has 2 aliphatic heterocycles. The molecule has 1 fully saturated rings. The maximum atomic E-state index is 5.08. The number of amidine groups is 1. The molecule has 0 spiro atoms. The smallest absolute Gasteiger partial charge is 0.160 e. The lowest BCUT2D eigenvalue weighted by atomic mass is 10.0. The van der Waals surface area contributed by atoms with Gasteiger partial charge in [-0.25, -0.2) is 0 Å². The Morgan fingerprint density at radius 2 is 1.96 bits per heavy atom. The molecule has 27 heavy (non-hydrogen) atoms. The van der Waals surface area contributed by atoms with Gasteiger partial charge in [0.25, 0.3) is 0 Å². The SMILES string of the molecule is C[C@H]1CN2C(=N[C@@H](c3ccccn3)[C@@H]2c2cccn2Cc2ccncc2)S1. The molecule has 5 nitrogen and oxygen atoms in total. The summed E-state index contributed by atoms with van der Waals surface area (Å²) in [5.41, 5.74) is 3.57. The molecule has 6 heteroatoms. The molecule has 0 N–H and O–H groups in total. The van der Waals surface area contributed by atoms with Crippen molar-refractivity contribution in [2.24, 2.45) is 4.99 Å². The van der Waals surface area contributed by atoms with Crippen molar-refractivity contribution in [3.63, 3.8) is 0 Å². The zero-order chi connectivity index (χ0) is 18.2. The van der Waals surface area contributed by atoms with Gasteiger partial charge in [-0.3, -0.25) is 15.0 Å². The molecular formula is C21H21N5S. The van der Waals surface area contributed by atoms with E-state index in [4.69, 9.17) is 4.99 Å². The molecule has 1 saturated heterocycles. The minimum absolute atomic E-state index is 0.0345. The Balaban J connectivity index is 1.53. The third kappa shape index (κ3) is 3.04. The summed E-state index contributed by atoms with van der Waals surface area (Å²) in [5, 5.41) is 1.72. The molecule has 5 heterocycles. The zero-order valence-electron chi connectivity index (χ0n) is 15.1. The van der Waals surface area contributed by atoms with Crippen molar-refractivity contribution in [1.29, 1.82) is 0 Å². The first-order valence-corrected chi connectivity index (χ1v) is 10.1. The fourth-order valence-electron chi connectivity index (χ4n) is 3.96. The third-order valence-corrected chi connectivity index (χ3v) is 6.25. The normalized spacial score (nSPS) is 24.1. The monoisotopic (exact) mass is 375 g/mol. The van der Waals surface area contributed by atoms with E-state index in [-0.39, 0.29) is 12.1 Å². The number of rotatable bonds is 4. The van der Waals surface area contributed by atoms with E-state index in [2.05, 4.69) is 69.0 Å². The predicted octanol–water partition coefficient (Wildman–Crippen LogP) is 3.92. The highest BCUT2D eigenvalue weighted by Crippen LogP contribution is 2.47. The van der Waals surface area contributed by atoms with Gasteiger partial charge in [0.05, 0.1) is 11.7 Å². The first-order valence-electron chi connectivity index (χ1n) is 9.25. The Labute approximate surface area is 163 Å². The molecule has 0 saturated carbocycles. The summed E-state index contributed by atoms with van der Waals surface area (Å²) in [7, 11) is 0. The maximum Gasteiger partial charge on any atom is 0.160 e. The molecule has 0 bridgehead atoms. The van der Waals surface area contributed by atoms with Crippen LogP contribution in [0.25, 0.3) is 0 Å². The van der Waals surface area contributed by atoms with Gasteiger partial charge in [-0.15, -0.1) is 0 Å². The number of aromatic nitrogens is 3. The van der Waals surface area contributed by atoms with Crippen molar-refractivity contribution in [3.8, 4) is 0 Å². The van der Waals surface area contributed by atoms with Gasteiger partial charge in [0.15, 0.2) is 5.17 Å². The number of hydrogen-bond acceptors (Lipinski definition) is 5. The summed E-state index contributed by atoms with van der Waals surface area (Å²) in [6, 6.07) is 14.8. The number of nitrogens with zero attached hydrogens (tertiary/aromatic N) is 5. The zero-order valence-corrected chi connectivity index (χ0v) is 16.0. The summed E-state index contributed by atoms with van der Waals surface area (Å²) < 4.78 is 2.34. The number of hydrogen-bond donors (Lipinski definition) is 0. The van der Waals surface area contributed by atoms with Crippen molar-refractivity contribution in [3.05, 3.63) is 84.2 Å². The number of fused-ring (bicyclic) bond motifs is 1. The summed E-state index contributed by atoms with van der Waals surface area (Å²) >= 11 is 1.88. The second-order valence-corrected chi connectivity index (χ2v) is 8.46. The molecule has 3 aromatic rings. The Morgan fingerprint density at radius 1 is 1.07 bits per heavy atom. The molecule has 0 radical (unpaired) electrons. The average Bonchev–Trinajstić information content (AvgIpc) is 3.37. The summed E-state index contributed by atoms with van der Waals surface area (Å²) in [6.45, 7) is 4.13. The summed E-state index contributed by atoms with van der Waals surface area (Å²) in [6.07, 6.45) is 7.73. The summed E-state index contributed by atoms with van der Waals surface area (Å²) in [4.78, 5) is 16.3. The first kappa shape index (κ1) is 16.6. The molecule has 3 aromatic heterocycles. The highest BCUT2D eigenvalue weighted by molar-refractivity contribution is 8.14. The van der Waals surface area contributed by atoms with Crippen LogP contribution in [0.1, 0.15) is 36.0 Å². The van der Waals surface area contributed by atoms with Crippen LogP contribution in [0, 0.1) is 0 Å². The molecule has 5 rings (SSSR count). The molecule has 2 aliphatic rings. The maximum absolute atomic E-state index is 5.08. The Morgan fingerprint density at radius 3 is 2.78 bits per heavy atom. The molecular weight excluding hydrogens is 354 g/mol. The molecule has 0 unspecified atom stereocenters. The third-order valence-electron chi connectivity index (χ3n) is 5.15. The van der Waals surface area contributed by atoms with Gasteiger partial charge in [0.2, 0.25) is 0 Å². The van der Waals surface area contributed by atoms with Gasteiger partial charge in [0, 0.05) is 48.8 Å². The predicted molar refractivity (Wildman–Crippen MR) is 109 cm³/mol. The van der Waals surface area contributed by atoms with E-state index in [1.54, 1.807) is 0 Å². The molecule has 0 amide bonds. The van der Waals surface area contributed by atoms with Crippen molar-refractivity contribution in [2.75, 3.05) is 6.54 Å². The standard InChI is InChI=1S/C21H21N5S/c1-15-13-26-20(19(24-21(26)27-15)17-5-2-3-9-23-17)18-6-4-12-25(18)14-16-7-10-22-11-8-16/h2-12,15,19-20H,13-14H2,1H3/t15-,19-,20-/m0/s1. The van der Waals surface area contributed by atoms with Crippen LogP contribution in [0.3, 0.4) is 0 Å². The largest absolute Gasteiger partial charge is 0.345 e. The van der Waals surface area contributed by atoms with Crippen LogP contribution >= 0.6 is 11.8 Å². The average molecular weight is 376 g/mol. The molecule has 136 valence electrons. The van der Waals surface area contributed by atoms with E-state index in [9.17, 15) is 0 Å². The highest BCUT2D eigenvalue weighted by atomic mass is 32.2. The Bertz CT molecular complexity index is 953. The fraction of sp³-hybridized carbons (Fsp3) is 0.286. The number of pyridine rings is 2. The molecule has 0 aliphatic carbocycles. The van der Waals surface area contributed by atoms with Gasteiger partial charge in [-0.1, -0.05) is 24.8 Å². The molecule has 0 aromatic carbocycles. The van der Waals surface area contributed by atoms with E-state index < -0.39 is 0 Å². The highest BCUT2D eigenvalue weighted by Gasteiger charge is 2.44. The fourth-order valence-corrected chi connectivity index (χ4v) is 5.06. The lowest BCUT2D eigenvalue weighted by Gasteiger charge is -2.28. The van der Waals surface area contributed by atoms with Crippen LogP contribution in [-0.4, -0.2) is 36.4 Å². The van der Waals surface area contributed by atoms with Gasteiger partial charge in [0.1, 0.15) is 6.04 Å². The Hall–Kier alpha value is -2.60. The van der Waals surface area contributed by atoms with Crippen LogP contribution < -0.4 is 0 Å². The van der Waals surface area contributed by atoms with Gasteiger partial charge in [-0.05, 0) is 42.0 Å². The van der Waals surface area contributed by atoms with Gasteiger partial charge >= 0.3 is 0 Å². The van der Waals surface area contributed by atoms with Crippen LogP contribution in [0.2, 0.25) is 0 Å². The second-order valence-electron chi connectivity index (χ2n) is 7.05. The van der Waals surface area contributed by atoms with E-state index >= 15 is 0 Å². The van der Waals surface area contributed by atoms with Crippen molar-refractivity contribution in [1.82, 2.24) is 19.4 Å². The van der Waals surface area contributed by atoms with E-state index in [1.165, 1.54) is 11.3 Å².